The number of likely N-dealkylation sites (N-methyl/N-ethyl adjacent to an activating group) is 1. The highest BCUT2D eigenvalue weighted by Gasteiger charge is 2.38. The molecule has 1 saturated heterocycles. The summed E-state index contributed by atoms with van der Waals surface area (Å²) in [6.45, 7) is 9.25. The summed E-state index contributed by atoms with van der Waals surface area (Å²) in [6, 6.07) is 0. The Morgan fingerprint density at radius 1 is 1.20 bits per heavy atom. The first-order valence-electron chi connectivity index (χ1n) is 6.14. The third kappa shape index (κ3) is 2.35. The molecular weight excluding hydrogens is 186 g/mol. The molecule has 0 radical (unpaired) electrons. The highest BCUT2D eigenvalue weighted by molar-refractivity contribution is 4.98. The molecule has 0 spiro atoms. The van der Waals surface area contributed by atoms with Gasteiger partial charge in [-0.25, -0.2) is 0 Å². The number of hydrogen-bond acceptors (Lipinski definition) is 3. The second-order valence-electron chi connectivity index (χ2n) is 6.16. The minimum absolute atomic E-state index is 0.145. The summed E-state index contributed by atoms with van der Waals surface area (Å²) in [6.07, 6.45) is 3.77. The van der Waals surface area contributed by atoms with Gasteiger partial charge in [-0.15, -0.1) is 0 Å². The van der Waals surface area contributed by atoms with E-state index in [-0.39, 0.29) is 5.54 Å². The van der Waals surface area contributed by atoms with E-state index in [4.69, 9.17) is 5.73 Å². The summed E-state index contributed by atoms with van der Waals surface area (Å²) in [5, 5.41) is 0. The summed E-state index contributed by atoms with van der Waals surface area (Å²) >= 11 is 0. The monoisotopic (exact) mass is 211 g/mol. The van der Waals surface area contributed by atoms with Crippen molar-refractivity contribution in [3.05, 3.63) is 0 Å². The molecule has 0 aromatic carbocycles. The Bertz CT molecular complexity index is 231. The first-order chi connectivity index (χ1) is 6.91. The first-order valence-corrected chi connectivity index (χ1v) is 6.14. The summed E-state index contributed by atoms with van der Waals surface area (Å²) in [7, 11) is 2.22. The summed E-state index contributed by atoms with van der Waals surface area (Å²) in [4.78, 5) is 5.01. The fourth-order valence-corrected chi connectivity index (χ4v) is 2.71. The molecule has 0 amide bonds. The van der Waals surface area contributed by atoms with Crippen LogP contribution in [0.5, 0.6) is 0 Å². The molecule has 3 nitrogen and oxygen atoms in total. The Kier molecular flexibility index (Phi) is 2.82. The Morgan fingerprint density at radius 3 is 2.33 bits per heavy atom. The zero-order valence-corrected chi connectivity index (χ0v) is 10.4. The second kappa shape index (κ2) is 3.72. The molecule has 0 aromatic heterocycles. The molecule has 3 heteroatoms. The average molecular weight is 211 g/mol. The zero-order valence-electron chi connectivity index (χ0n) is 10.4. The van der Waals surface area contributed by atoms with Gasteiger partial charge in [-0.05, 0) is 40.2 Å². The molecule has 2 fully saturated rings. The van der Waals surface area contributed by atoms with E-state index in [1.807, 2.05) is 0 Å². The molecule has 0 aromatic rings. The lowest BCUT2D eigenvalue weighted by Crippen LogP contribution is -2.63. The molecule has 2 rings (SSSR count). The predicted molar refractivity (Wildman–Crippen MR) is 63.9 cm³/mol. The summed E-state index contributed by atoms with van der Waals surface area (Å²) < 4.78 is 0. The molecular formula is C12H25N3. The Morgan fingerprint density at radius 2 is 1.87 bits per heavy atom. The van der Waals surface area contributed by atoms with Crippen LogP contribution in [0.3, 0.4) is 0 Å². The fraction of sp³-hybridized carbons (Fsp3) is 1.00. The van der Waals surface area contributed by atoms with Crippen LogP contribution < -0.4 is 5.73 Å². The van der Waals surface area contributed by atoms with E-state index in [2.05, 4.69) is 30.7 Å². The fourth-order valence-electron chi connectivity index (χ4n) is 2.71. The SMILES string of the molecule is CN1CCN(CC2(N)CCC2)CC1(C)C. The first kappa shape index (κ1) is 11.4. The average Bonchev–Trinajstić information content (AvgIpc) is 2.08. The van der Waals surface area contributed by atoms with E-state index in [0.717, 1.165) is 13.1 Å². The van der Waals surface area contributed by atoms with Gasteiger partial charge in [0.05, 0.1) is 0 Å². The maximum Gasteiger partial charge on any atom is 0.0283 e. The number of nitrogens with two attached hydrogens (primary N) is 1. The predicted octanol–water partition coefficient (Wildman–Crippen LogP) is 0.894. The van der Waals surface area contributed by atoms with Crippen LogP contribution in [0, 0.1) is 0 Å². The maximum absolute atomic E-state index is 6.30. The van der Waals surface area contributed by atoms with E-state index in [1.54, 1.807) is 0 Å². The van der Waals surface area contributed by atoms with Gasteiger partial charge in [-0.2, -0.15) is 0 Å². The third-order valence-electron chi connectivity index (χ3n) is 4.28. The number of nitrogens with zero attached hydrogens (tertiary/aromatic N) is 2. The molecule has 2 N–H and O–H groups in total. The lowest BCUT2D eigenvalue weighted by atomic mass is 9.77. The van der Waals surface area contributed by atoms with Crippen LogP contribution in [0.25, 0.3) is 0 Å². The van der Waals surface area contributed by atoms with Gasteiger partial charge < -0.3 is 5.73 Å². The Labute approximate surface area is 93.6 Å². The van der Waals surface area contributed by atoms with Crippen molar-refractivity contribution in [1.82, 2.24) is 9.80 Å². The van der Waals surface area contributed by atoms with Gasteiger partial charge in [-0.1, -0.05) is 0 Å². The van der Waals surface area contributed by atoms with E-state index < -0.39 is 0 Å². The minimum Gasteiger partial charge on any atom is -0.324 e. The van der Waals surface area contributed by atoms with Crippen molar-refractivity contribution >= 4 is 0 Å². The number of hydrogen-bond donors (Lipinski definition) is 1. The highest BCUT2D eigenvalue weighted by Crippen LogP contribution is 2.31. The van der Waals surface area contributed by atoms with Crippen molar-refractivity contribution < 1.29 is 0 Å². The molecule has 0 atom stereocenters. The maximum atomic E-state index is 6.30. The van der Waals surface area contributed by atoms with Gasteiger partial charge >= 0.3 is 0 Å². The van der Waals surface area contributed by atoms with Gasteiger partial charge in [0.2, 0.25) is 0 Å². The van der Waals surface area contributed by atoms with Gasteiger partial charge in [0.1, 0.15) is 0 Å². The van der Waals surface area contributed by atoms with E-state index >= 15 is 0 Å². The lowest BCUT2D eigenvalue weighted by molar-refractivity contribution is 0.0186. The normalized spacial score (nSPS) is 31.2. The molecule has 2 aliphatic rings. The zero-order chi connectivity index (χ0) is 11.1. The standard InChI is InChI=1S/C12H25N3/c1-11(2)9-15(8-7-14(11)3)10-12(13)5-4-6-12/h4-10,13H2,1-3H3. The van der Waals surface area contributed by atoms with Crippen molar-refractivity contribution in [2.45, 2.75) is 44.2 Å². The van der Waals surface area contributed by atoms with Crippen LogP contribution in [-0.4, -0.2) is 54.1 Å². The topological polar surface area (TPSA) is 32.5 Å². The number of rotatable bonds is 2. The molecule has 88 valence electrons. The molecule has 0 unspecified atom stereocenters. The summed E-state index contributed by atoms with van der Waals surface area (Å²) in [5.41, 5.74) is 6.75. The van der Waals surface area contributed by atoms with Gasteiger partial charge in [0, 0.05) is 37.3 Å². The third-order valence-corrected chi connectivity index (χ3v) is 4.28. The molecule has 15 heavy (non-hydrogen) atoms. The molecule has 0 bridgehead atoms. The van der Waals surface area contributed by atoms with Crippen LogP contribution >= 0.6 is 0 Å². The highest BCUT2D eigenvalue weighted by atomic mass is 15.3. The number of piperazine rings is 1. The molecule has 1 aliphatic heterocycles. The Hall–Kier alpha value is -0.120. The van der Waals surface area contributed by atoms with Crippen molar-refractivity contribution in [3.8, 4) is 0 Å². The van der Waals surface area contributed by atoms with Crippen LogP contribution in [0.15, 0.2) is 0 Å². The van der Waals surface area contributed by atoms with Crippen molar-refractivity contribution in [1.29, 1.82) is 0 Å². The van der Waals surface area contributed by atoms with E-state index in [0.29, 0.717) is 5.54 Å². The summed E-state index contributed by atoms with van der Waals surface area (Å²) in [5.74, 6) is 0. The van der Waals surface area contributed by atoms with Crippen LogP contribution in [0.1, 0.15) is 33.1 Å². The van der Waals surface area contributed by atoms with Crippen LogP contribution in [0.4, 0.5) is 0 Å². The largest absolute Gasteiger partial charge is 0.324 e. The minimum atomic E-state index is 0.145. The smallest absolute Gasteiger partial charge is 0.0283 e. The van der Waals surface area contributed by atoms with E-state index in [1.165, 1.54) is 32.4 Å². The molecule has 1 aliphatic carbocycles. The van der Waals surface area contributed by atoms with Gasteiger partial charge in [0.15, 0.2) is 0 Å². The van der Waals surface area contributed by atoms with Crippen molar-refractivity contribution in [2.75, 3.05) is 33.2 Å². The van der Waals surface area contributed by atoms with Crippen molar-refractivity contribution in [2.24, 2.45) is 5.73 Å². The van der Waals surface area contributed by atoms with Gasteiger partial charge in [-0.3, -0.25) is 9.80 Å². The lowest BCUT2D eigenvalue weighted by Gasteiger charge is -2.49. The van der Waals surface area contributed by atoms with E-state index in [9.17, 15) is 0 Å². The van der Waals surface area contributed by atoms with Crippen LogP contribution in [-0.2, 0) is 0 Å². The Balaban J connectivity index is 1.89. The van der Waals surface area contributed by atoms with Crippen LogP contribution in [0.2, 0.25) is 0 Å². The quantitative estimate of drug-likeness (QED) is 0.736. The second-order valence-corrected chi connectivity index (χ2v) is 6.16. The van der Waals surface area contributed by atoms with Gasteiger partial charge in [0.25, 0.3) is 0 Å². The molecule has 1 heterocycles. The molecule has 1 saturated carbocycles. The van der Waals surface area contributed by atoms with Crippen molar-refractivity contribution in [3.63, 3.8) is 0 Å².